The number of pyridine rings is 1. The Morgan fingerprint density at radius 1 is 1.29 bits per heavy atom. The highest BCUT2D eigenvalue weighted by Crippen LogP contribution is 2.25. The Morgan fingerprint density at radius 3 is 2.47 bits per heavy atom. The first-order chi connectivity index (χ1) is 7.99. The number of hydrogen-bond acceptors (Lipinski definition) is 3. The normalized spacial score (nSPS) is 10.5. The van der Waals surface area contributed by atoms with Gasteiger partial charge >= 0.3 is 5.97 Å². The van der Waals surface area contributed by atoms with E-state index >= 15 is 0 Å². The molecule has 17 heavy (non-hydrogen) atoms. The maximum absolute atomic E-state index is 10.9. The van der Waals surface area contributed by atoms with Gasteiger partial charge in [0.25, 0.3) is 0 Å². The predicted molar refractivity (Wildman–Crippen MR) is 63.1 cm³/mol. The van der Waals surface area contributed by atoms with E-state index in [0.29, 0.717) is 5.69 Å². The molecule has 0 amide bonds. The van der Waals surface area contributed by atoms with E-state index in [0.717, 1.165) is 22.8 Å². The molecule has 0 radical (unpaired) electrons. The summed E-state index contributed by atoms with van der Waals surface area (Å²) in [5, 5.41) is 8.93. The summed E-state index contributed by atoms with van der Waals surface area (Å²) >= 11 is 0. The lowest BCUT2D eigenvalue weighted by Crippen LogP contribution is -2.02. The molecule has 0 aliphatic heterocycles. The molecule has 1 N–H and O–H groups in total. The van der Waals surface area contributed by atoms with Crippen LogP contribution < -0.4 is 0 Å². The van der Waals surface area contributed by atoms with Crippen LogP contribution in [0.1, 0.15) is 27.6 Å². The van der Waals surface area contributed by atoms with Gasteiger partial charge in [0.05, 0.1) is 17.0 Å². The summed E-state index contributed by atoms with van der Waals surface area (Å²) in [7, 11) is 0. The van der Waals surface area contributed by atoms with E-state index in [1.54, 1.807) is 19.1 Å². The second-order valence-electron chi connectivity index (χ2n) is 3.96. The van der Waals surface area contributed by atoms with Crippen molar-refractivity contribution >= 4 is 5.97 Å². The Morgan fingerprint density at radius 2 is 2.00 bits per heavy atom. The van der Waals surface area contributed by atoms with Gasteiger partial charge in [-0.15, -0.1) is 0 Å². The third-order valence-corrected chi connectivity index (χ3v) is 2.63. The molecule has 0 saturated carbocycles. The smallest absolute Gasteiger partial charge is 0.337 e. The van der Waals surface area contributed by atoms with Crippen molar-refractivity contribution in [2.75, 3.05) is 0 Å². The number of carboxylic acids is 1. The van der Waals surface area contributed by atoms with Crippen LogP contribution in [0.5, 0.6) is 0 Å². The summed E-state index contributed by atoms with van der Waals surface area (Å²) in [6, 6.07) is 5.17. The average Bonchev–Trinajstić information content (AvgIpc) is 2.57. The van der Waals surface area contributed by atoms with E-state index in [9.17, 15) is 4.79 Å². The standard InChI is InChI=1S/C13H13NO3/c1-7-6-11(9(3)17-7)12-5-4-10(13(15)16)8(2)14-12/h4-6H,1-3H3,(H,15,16). The number of furan rings is 1. The molecule has 0 bridgehead atoms. The van der Waals surface area contributed by atoms with E-state index in [1.165, 1.54) is 0 Å². The zero-order valence-electron chi connectivity index (χ0n) is 9.94. The number of nitrogens with zero attached hydrogens (tertiary/aromatic N) is 1. The van der Waals surface area contributed by atoms with Crippen molar-refractivity contribution in [3.8, 4) is 11.3 Å². The van der Waals surface area contributed by atoms with Crippen molar-refractivity contribution in [2.24, 2.45) is 0 Å². The third kappa shape index (κ3) is 2.06. The Balaban J connectivity index is 2.51. The van der Waals surface area contributed by atoms with E-state index in [-0.39, 0.29) is 5.56 Å². The first-order valence-electron chi connectivity index (χ1n) is 5.27. The first kappa shape index (κ1) is 11.4. The van der Waals surface area contributed by atoms with Crippen LogP contribution in [0, 0.1) is 20.8 Å². The van der Waals surface area contributed by atoms with Crippen LogP contribution in [0.2, 0.25) is 0 Å². The van der Waals surface area contributed by atoms with Crippen LogP contribution in [0.4, 0.5) is 0 Å². The Bertz CT molecular complexity index is 584. The van der Waals surface area contributed by atoms with Gasteiger partial charge in [-0.2, -0.15) is 0 Å². The zero-order chi connectivity index (χ0) is 12.6. The van der Waals surface area contributed by atoms with Gasteiger partial charge in [-0.1, -0.05) is 0 Å². The molecule has 0 aliphatic carbocycles. The number of hydrogen-bond donors (Lipinski definition) is 1. The van der Waals surface area contributed by atoms with Crippen LogP contribution in [-0.2, 0) is 0 Å². The van der Waals surface area contributed by atoms with Gasteiger partial charge in [-0.3, -0.25) is 4.98 Å². The average molecular weight is 231 g/mol. The SMILES string of the molecule is Cc1cc(-c2ccc(C(=O)O)c(C)n2)c(C)o1. The largest absolute Gasteiger partial charge is 0.478 e. The number of aryl methyl sites for hydroxylation is 3. The highest BCUT2D eigenvalue weighted by atomic mass is 16.4. The molecule has 0 saturated heterocycles. The number of aromatic carboxylic acids is 1. The molecule has 0 unspecified atom stereocenters. The molecule has 2 rings (SSSR count). The van der Waals surface area contributed by atoms with Crippen LogP contribution in [0.15, 0.2) is 22.6 Å². The highest BCUT2D eigenvalue weighted by molar-refractivity contribution is 5.89. The van der Waals surface area contributed by atoms with E-state index in [2.05, 4.69) is 4.98 Å². The van der Waals surface area contributed by atoms with Gasteiger partial charge in [0.15, 0.2) is 0 Å². The molecule has 0 fully saturated rings. The first-order valence-corrected chi connectivity index (χ1v) is 5.27. The summed E-state index contributed by atoms with van der Waals surface area (Å²) in [6.45, 7) is 5.43. The van der Waals surface area contributed by atoms with Crippen molar-refractivity contribution < 1.29 is 14.3 Å². The third-order valence-electron chi connectivity index (χ3n) is 2.63. The Labute approximate surface area is 98.9 Å². The summed E-state index contributed by atoms with van der Waals surface area (Å²) in [4.78, 5) is 15.2. The van der Waals surface area contributed by atoms with Crippen molar-refractivity contribution in [3.05, 3.63) is 41.0 Å². The lowest BCUT2D eigenvalue weighted by molar-refractivity contribution is 0.0695. The summed E-state index contributed by atoms with van der Waals surface area (Å²) in [6.07, 6.45) is 0. The van der Waals surface area contributed by atoms with Gasteiger partial charge in [0.1, 0.15) is 11.5 Å². The molecule has 0 spiro atoms. The van der Waals surface area contributed by atoms with Crippen molar-refractivity contribution in [2.45, 2.75) is 20.8 Å². The quantitative estimate of drug-likeness (QED) is 0.863. The van der Waals surface area contributed by atoms with Gasteiger partial charge in [0, 0.05) is 5.56 Å². The zero-order valence-corrected chi connectivity index (χ0v) is 9.94. The molecular weight excluding hydrogens is 218 g/mol. The van der Waals surface area contributed by atoms with E-state index < -0.39 is 5.97 Å². The minimum absolute atomic E-state index is 0.228. The fourth-order valence-corrected chi connectivity index (χ4v) is 1.82. The number of carbonyl (C=O) groups is 1. The van der Waals surface area contributed by atoms with Crippen LogP contribution in [-0.4, -0.2) is 16.1 Å². The van der Waals surface area contributed by atoms with E-state index in [4.69, 9.17) is 9.52 Å². The molecule has 2 aromatic rings. The number of carboxylic acid groups (broad SMARTS) is 1. The lowest BCUT2D eigenvalue weighted by atomic mass is 10.1. The predicted octanol–water partition coefficient (Wildman–Crippen LogP) is 2.97. The molecule has 0 aliphatic rings. The molecule has 4 nitrogen and oxygen atoms in total. The van der Waals surface area contributed by atoms with Gasteiger partial charge < -0.3 is 9.52 Å². The second-order valence-corrected chi connectivity index (χ2v) is 3.96. The lowest BCUT2D eigenvalue weighted by Gasteiger charge is -2.03. The van der Waals surface area contributed by atoms with E-state index in [1.807, 2.05) is 19.9 Å². The van der Waals surface area contributed by atoms with Crippen LogP contribution >= 0.6 is 0 Å². The van der Waals surface area contributed by atoms with Crippen LogP contribution in [0.25, 0.3) is 11.3 Å². The topological polar surface area (TPSA) is 63.3 Å². The maximum Gasteiger partial charge on any atom is 0.337 e. The fraction of sp³-hybridized carbons (Fsp3) is 0.231. The van der Waals surface area contributed by atoms with Crippen molar-refractivity contribution in [1.29, 1.82) is 0 Å². The number of aromatic nitrogens is 1. The van der Waals surface area contributed by atoms with Crippen LogP contribution in [0.3, 0.4) is 0 Å². The summed E-state index contributed by atoms with van der Waals surface area (Å²) < 4.78 is 5.43. The summed E-state index contributed by atoms with van der Waals surface area (Å²) in [5.41, 5.74) is 2.38. The van der Waals surface area contributed by atoms with Crippen molar-refractivity contribution in [3.63, 3.8) is 0 Å². The molecular formula is C13H13NO3. The second kappa shape index (κ2) is 4.05. The van der Waals surface area contributed by atoms with Gasteiger partial charge in [-0.05, 0) is 39.0 Å². The minimum Gasteiger partial charge on any atom is -0.478 e. The number of rotatable bonds is 2. The fourth-order valence-electron chi connectivity index (χ4n) is 1.82. The van der Waals surface area contributed by atoms with Gasteiger partial charge in [-0.25, -0.2) is 4.79 Å². The molecule has 2 aromatic heterocycles. The monoisotopic (exact) mass is 231 g/mol. The summed E-state index contributed by atoms with van der Waals surface area (Å²) in [5.74, 6) is 0.651. The maximum atomic E-state index is 10.9. The minimum atomic E-state index is -0.957. The molecule has 88 valence electrons. The van der Waals surface area contributed by atoms with Gasteiger partial charge in [0.2, 0.25) is 0 Å². The Hall–Kier alpha value is -2.10. The molecule has 0 atom stereocenters. The Kier molecular flexibility index (Phi) is 2.71. The highest BCUT2D eigenvalue weighted by Gasteiger charge is 2.12. The molecule has 2 heterocycles. The van der Waals surface area contributed by atoms with Crippen molar-refractivity contribution in [1.82, 2.24) is 4.98 Å². The molecule has 0 aromatic carbocycles. The molecule has 4 heteroatoms.